The van der Waals surface area contributed by atoms with E-state index < -0.39 is 28.5 Å². The summed E-state index contributed by atoms with van der Waals surface area (Å²) in [5, 5.41) is 33.0. The molecule has 0 radical (unpaired) electrons. The summed E-state index contributed by atoms with van der Waals surface area (Å²) in [6.45, 7) is 9.23. The number of ether oxygens (including phenoxy) is 1. The van der Waals surface area contributed by atoms with Crippen LogP contribution in [-0.4, -0.2) is 51.5 Å². The van der Waals surface area contributed by atoms with Gasteiger partial charge in [-0.25, -0.2) is 0 Å². The van der Waals surface area contributed by atoms with Crippen LogP contribution in [0, 0.1) is 39.9 Å². The number of carbonyl (C=O) groups is 2. The Bertz CT molecular complexity index is 773. The van der Waals surface area contributed by atoms with Gasteiger partial charge in [-0.05, 0) is 88.9 Å². The van der Waals surface area contributed by atoms with Crippen LogP contribution in [0.4, 0.5) is 0 Å². The Kier molecular flexibility index (Phi) is 5.87. The van der Waals surface area contributed by atoms with Crippen LogP contribution in [0.25, 0.3) is 0 Å². The van der Waals surface area contributed by atoms with E-state index in [0.29, 0.717) is 12.3 Å². The summed E-state index contributed by atoms with van der Waals surface area (Å²) in [4.78, 5) is 25.9. The quantitative estimate of drug-likeness (QED) is 0.570. The van der Waals surface area contributed by atoms with Crippen molar-refractivity contribution in [2.45, 2.75) is 104 Å². The van der Waals surface area contributed by atoms with Gasteiger partial charge >= 0.3 is 5.97 Å². The molecular weight excluding hydrogens is 408 g/mol. The largest absolute Gasteiger partial charge is 0.462 e. The van der Waals surface area contributed by atoms with Crippen LogP contribution in [-0.2, 0) is 14.3 Å². The van der Waals surface area contributed by atoms with Gasteiger partial charge in [0.05, 0.1) is 17.1 Å². The van der Waals surface area contributed by atoms with Crippen molar-refractivity contribution in [3.63, 3.8) is 0 Å². The standard InChI is InChI=1S/C26H42O6/c1-23(2,3)22(30)32-14-20(29)26(31)11-9-18-17-7-6-15-12-16(27)8-10-24(15,4)21(17)19(28)13-25(18,26)5/h15-18,20-21,27,29,31H,6-14H2,1-5H3/t15?,16-,17+,18+,20?,21-,24?,25?,26+/m1/s1. The number of Topliss-reactive ketones (excluding diaryl/α,β-unsaturated/α-hetero) is 1. The second-order valence-electron chi connectivity index (χ2n) is 12.8. The zero-order chi connectivity index (χ0) is 23.7. The number of esters is 1. The van der Waals surface area contributed by atoms with Gasteiger partial charge in [-0.1, -0.05) is 13.8 Å². The number of fused-ring (bicyclic) bond motifs is 5. The van der Waals surface area contributed by atoms with Gasteiger partial charge in [0.2, 0.25) is 0 Å². The fraction of sp³-hybridized carbons (Fsp3) is 0.923. The van der Waals surface area contributed by atoms with E-state index >= 15 is 0 Å². The van der Waals surface area contributed by atoms with E-state index in [1.807, 2.05) is 6.92 Å². The molecule has 6 nitrogen and oxygen atoms in total. The zero-order valence-corrected chi connectivity index (χ0v) is 20.4. The third-order valence-corrected chi connectivity index (χ3v) is 10.1. The van der Waals surface area contributed by atoms with Crippen LogP contribution in [0.1, 0.15) is 86.0 Å². The molecule has 0 aromatic carbocycles. The van der Waals surface area contributed by atoms with Gasteiger partial charge in [-0.3, -0.25) is 9.59 Å². The zero-order valence-electron chi connectivity index (χ0n) is 20.4. The third kappa shape index (κ3) is 3.47. The molecule has 4 fully saturated rings. The van der Waals surface area contributed by atoms with Crippen molar-refractivity contribution < 1.29 is 29.6 Å². The van der Waals surface area contributed by atoms with Crippen LogP contribution in [0.2, 0.25) is 0 Å². The molecule has 0 aliphatic heterocycles. The smallest absolute Gasteiger partial charge is 0.311 e. The molecule has 3 N–H and O–H groups in total. The second-order valence-corrected chi connectivity index (χ2v) is 12.8. The highest BCUT2D eigenvalue weighted by atomic mass is 16.5. The molecule has 182 valence electrons. The van der Waals surface area contributed by atoms with E-state index in [4.69, 9.17) is 4.74 Å². The van der Waals surface area contributed by atoms with Crippen molar-refractivity contribution in [1.29, 1.82) is 0 Å². The number of ketones is 1. The maximum atomic E-state index is 13.7. The number of hydrogen-bond acceptors (Lipinski definition) is 6. The van der Waals surface area contributed by atoms with E-state index in [1.54, 1.807) is 20.8 Å². The predicted molar refractivity (Wildman–Crippen MR) is 119 cm³/mol. The highest BCUT2D eigenvalue weighted by Crippen LogP contribution is 2.67. The topological polar surface area (TPSA) is 104 Å². The van der Waals surface area contributed by atoms with E-state index in [1.165, 1.54) is 0 Å². The Morgan fingerprint density at radius 2 is 1.84 bits per heavy atom. The van der Waals surface area contributed by atoms with Gasteiger partial charge in [0.15, 0.2) is 0 Å². The van der Waals surface area contributed by atoms with Gasteiger partial charge in [-0.2, -0.15) is 0 Å². The Morgan fingerprint density at radius 1 is 1.16 bits per heavy atom. The molecule has 32 heavy (non-hydrogen) atoms. The average Bonchev–Trinajstić information content (AvgIpc) is 2.97. The van der Waals surface area contributed by atoms with Crippen LogP contribution in [0.5, 0.6) is 0 Å². The summed E-state index contributed by atoms with van der Waals surface area (Å²) in [5.41, 5.74) is -2.94. The normalized spacial score (nSPS) is 47.2. The third-order valence-electron chi connectivity index (χ3n) is 10.1. The minimum Gasteiger partial charge on any atom is -0.462 e. The lowest BCUT2D eigenvalue weighted by Crippen LogP contribution is -2.63. The number of aliphatic hydroxyl groups is 3. The summed E-state index contributed by atoms with van der Waals surface area (Å²) in [5.74, 6) is 0.513. The lowest BCUT2D eigenvalue weighted by molar-refractivity contribution is -0.202. The first kappa shape index (κ1) is 24.2. The van der Waals surface area contributed by atoms with Gasteiger partial charge in [0, 0.05) is 17.8 Å². The molecule has 4 rings (SSSR count). The van der Waals surface area contributed by atoms with Gasteiger partial charge < -0.3 is 20.1 Å². The number of rotatable bonds is 3. The molecule has 0 spiro atoms. The fourth-order valence-corrected chi connectivity index (χ4v) is 8.14. The molecule has 4 unspecified atom stereocenters. The molecule has 4 aliphatic rings. The molecule has 0 amide bonds. The Labute approximate surface area is 192 Å². The number of carbonyl (C=O) groups excluding carboxylic acids is 2. The highest BCUT2D eigenvalue weighted by molar-refractivity contribution is 5.84. The molecule has 4 saturated carbocycles. The maximum Gasteiger partial charge on any atom is 0.311 e. The first-order valence-corrected chi connectivity index (χ1v) is 12.5. The van der Waals surface area contributed by atoms with Crippen LogP contribution >= 0.6 is 0 Å². The molecule has 0 heterocycles. The molecule has 0 aromatic heterocycles. The average molecular weight is 451 g/mol. The predicted octanol–water partition coefficient (Wildman–Crippen LogP) is 3.25. The van der Waals surface area contributed by atoms with E-state index in [-0.39, 0.29) is 48.1 Å². The molecule has 0 saturated heterocycles. The lowest BCUT2D eigenvalue weighted by Gasteiger charge is -2.60. The summed E-state index contributed by atoms with van der Waals surface area (Å²) >= 11 is 0. The van der Waals surface area contributed by atoms with E-state index in [9.17, 15) is 24.9 Å². The molecule has 4 aliphatic carbocycles. The molecular formula is C26H42O6. The van der Waals surface area contributed by atoms with Crippen molar-refractivity contribution in [1.82, 2.24) is 0 Å². The van der Waals surface area contributed by atoms with Gasteiger partial charge in [0.1, 0.15) is 18.5 Å². The van der Waals surface area contributed by atoms with Crippen molar-refractivity contribution in [3.8, 4) is 0 Å². The molecule has 0 bridgehead atoms. The number of hydrogen-bond donors (Lipinski definition) is 3. The summed E-state index contributed by atoms with van der Waals surface area (Å²) in [6.07, 6.45) is 4.35. The summed E-state index contributed by atoms with van der Waals surface area (Å²) in [7, 11) is 0. The van der Waals surface area contributed by atoms with Crippen molar-refractivity contribution in [2.75, 3.05) is 6.61 Å². The van der Waals surface area contributed by atoms with Crippen LogP contribution in [0.3, 0.4) is 0 Å². The van der Waals surface area contributed by atoms with Crippen LogP contribution < -0.4 is 0 Å². The first-order valence-electron chi connectivity index (χ1n) is 12.5. The monoisotopic (exact) mass is 450 g/mol. The highest BCUT2D eigenvalue weighted by Gasteiger charge is 2.68. The van der Waals surface area contributed by atoms with E-state index in [2.05, 4.69) is 6.92 Å². The Balaban J connectivity index is 1.56. The minimum atomic E-state index is -1.45. The minimum absolute atomic E-state index is 0.0231. The fourth-order valence-electron chi connectivity index (χ4n) is 8.14. The second kappa shape index (κ2) is 7.78. The van der Waals surface area contributed by atoms with E-state index in [0.717, 1.165) is 38.5 Å². The summed E-state index contributed by atoms with van der Waals surface area (Å²) in [6, 6.07) is 0. The van der Waals surface area contributed by atoms with Crippen LogP contribution in [0.15, 0.2) is 0 Å². The van der Waals surface area contributed by atoms with Crippen molar-refractivity contribution >= 4 is 11.8 Å². The number of aliphatic hydroxyl groups excluding tert-OH is 2. The SMILES string of the molecule is CC(C)(C)C(=O)OCC(O)[C@@]1(O)CC[C@H]2[C@@H]3CCC4C[C@H](O)CCC4(C)[C@H]3C(=O)CC21C. The molecule has 9 atom stereocenters. The summed E-state index contributed by atoms with van der Waals surface area (Å²) < 4.78 is 5.34. The van der Waals surface area contributed by atoms with Crippen molar-refractivity contribution in [3.05, 3.63) is 0 Å². The maximum absolute atomic E-state index is 13.7. The van der Waals surface area contributed by atoms with Crippen molar-refractivity contribution in [2.24, 2.45) is 39.9 Å². The molecule has 6 heteroatoms. The Hall–Kier alpha value is -0.980. The van der Waals surface area contributed by atoms with Gasteiger partial charge in [-0.15, -0.1) is 0 Å². The van der Waals surface area contributed by atoms with Gasteiger partial charge in [0.25, 0.3) is 0 Å². The Morgan fingerprint density at radius 3 is 2.50 bits per heavy atom. The molecule has 0 aromatic rings. The lowest BCUT2D eigenvalue weighted by atomic mass is 9.44. The first-order chi connectivity index (χ1) is 14.7.